The van der Waals surface area contributed by atoms with Crippen LogP contribution in [0.2, 0.25) is 0 Å². The van der Waals surface area contributed by atoms with Crippen LogP contribution in [0, 0.1) is 5.82 Å². The molecule has 1 fully saturated rings. The van der Waals surface area contributed by atoms with Gasteiger partial charge in [-0.2, -0.15) is 0 Å². The number of hydrazine groups is 1. The number of nitrogens with zero attached hydrogens (tertiary/aromatic N) is 4. The second kappa shape index (κ2) is 8.85. The van der Waals surface area contributed by atoms with Crippen LogP contribution in [0.5, 0.6) is 0 Å². The first-order valence-electron chi connectivity index (χ1n) is 9.29. The Labute approximate surface area is 153 Å². The lowest BCUT2D eigenvalue weighted by molar-refractivity contribution is -0.0504. The molecule has 0 bridgehead atoms. The number of hydrogen-bond acceptors (Lipinski definition) is 4. The van der Waals surface area contributed by atoms with Crippen molar-refractivity contribution >= 4 is 5.91 Å². The number of halogens is 1. The lowest BCUT2D eigenvalue weighted by atomic mass is 10.0. The van der Waals surface area contributed by atoms with E-state index in [-0.39, 0.29) is 17.8 Å². The molecular weight excluding hydrogens is 331 g/mol. The average Bonchev–Trinajstić information content (AvgIpc) is 2.70. The molecule has 0 N–H and O–H groups in total. The molecule has 3 rings (SSSR count). The number of amides is 1. The van der Waals surface area contributed by atoms with Crippen LogP contribution in [0.4, 0.5) is 4.39 Å². The van der Waals surface area contributed by atoms with Crippen molar-refractivity contribution in [2.75, 3.05) is 13.1 Å². The summed E-state index contributed by atoms with van der Waals surface area (Å²) in [6, 6.07) is 6.35. The van der Waals surface area contributed by atoms with Crippen molar-refractivity contribution in [1.82, 2.24) is 20.0 Å². The first-order chi connectivity index (χ1) is 12.7. The Balaban J connectivity index is 1.98. The number of aromatic nitrogens is 2. The minimum Gasteiger partial charge on any atom is -0.267 e. The van der Waals surface area contributed by atoms with Crippen molar-refractivity contribution in [2.45, 2.75) is 45.1 Å². The molecule has 2 heterocycles. The number of hydrogen-bond donors (Lipinski definition) is 0. The smallest absolute Gasteiger partial charge is 0.267 e. The van der Waals surface area contributed by atoms with Gasteiger partial charge in [0.15, 0.2) is 0 Å². The maximum Gasteiger partial charge on any atom is 0.271 e. The summed E-state index contributed by atoms with van der Waals surface area (Å²) in [7, 11) is 0. The molecule has 6 heteroatoms. The van der Waals surface area contributed by atoms with Crippen LogP contribution < -0.4 is 0 Å². The Morgan fingerprint density at radius 2 is 1.81 bits per heavy atom. The standard InChI is InChI=1S/C20H25FN4O/c1-2-6-19(16-7-9-18(21)10-8-16)25(24-11-4-3-5-12-24)20(26)17-13-22-15-23-14-17/h7-10,13-15,19H,2-6,11-12H2,1H3. The number of carbonyl (C=O) groups excluding carboxylic acids is 1. The van der Waals surface area contributed by atoms with Crippen LogP contribution in [0.3, 0.4) is 0 Å². The molecule has 0 aliphatic carbocycles. The number of piperidine rings is 1. The minimum atomic E-state index is -0.267. The fraction of sp³-hybridized carbons (Fsp3) is 0.450. The van der Waals surface area contributed by atoms with E-state index in [0.29, 0.717) is 5.56 Å². The zero-order valence-electron chi connectivity index (χ0n) is 15.1. The highest BCUT2D eigenvalue weighted by Crippen LogP contribution is 2.30. The summed E-state index contributed by atoms with van der Waals surface area (Å²) in [5, 5.41) is 4.00. The lowest BCUT2D eigenvalue weighted by Gasteiger charge is -2.42. The highest BCUT2D eigenvalue weighted by molar-refractivity contribution is 5.93. The normalized spacial score (nSPS) is 16.2. The molecular formula is C20H25FN4O. The van der Waals surface area contributed by atoms with E-state index in [1.807, 2.05) is 5.01 Å². The molecule has 1 aromatic carbocycles. The van der Waals surface area contributed by atoms with Gasteiger partial charge in [0.2, 0.25) is 0 Å². The second-order valence-electron chi connectivity index (χ2n) is 6.65. The zero-order valence-corrected chi connectivity index (χ0v) is 15.1. The van der Waals surface area contributed by atoms with Gasteiger partial charge in [-0.25, -0.2) is 19.4 Å². The van der Waals surface area contributed by atoms with Gasteiger partial charge in [0.05, 0.1) is 11.6 Å². The van der Waals surface area contributed by atoms with Crippen LogP contribution in [0.1, 0.15) is 61.0 Å². The summed E-state index contributed by atoms with van der Waals surface area (Å²) >= 11 is 0. The van der Waals surface area contributed by atoms with Crippen molar-refractivity contribution < 1.29 is 9.18 Å². The Kier molecular flexibility index (Phi) is 6.28. The summed E-state index contributed by atoms with van der Waals surface area (Å²) < 4.78 is 13.4. The van der Waals surface area contributed by atoms with E-state index in [0.717, 1.165) is 44.3 Å². The molecule has 0 saturated carbocycles. The molecule has 1 aliphatic heterocycles. The molecule has 1 amide bonds. The third-order valence-corrected chi connectivity index (χ3v) is 4.76. The predicted molar refractivity (Wildman–Crippen MR) is 97.7 cm³/mol. The van der Waals surface area contributed by atoms with Crippen molar-refractivity contribution in [2.24, 2.45) is 0 Å². The largest absolute Gasteiger partial charge is 0.271 e. The Morgan fingerprint density at radius 3 is 2.42 bits per heavy atom. The van der Waals surface area contributed by atoms with Crippen LogP contribution in [-0.2, 0) is 0 Å². The van der Waals surface area contributed by atoms with E-state index in [2.05, 4.69) is 21.9 Å². The molecule has 1 atom stereocenters. The summed E-state index contributed by atoms with van der Waals surface area (Å²) in [5.41, 5.74) is 1.42. The molecule has 1 saturated heterocycles. The molecule has 1 aliphatic rings. The molecule has 1 unspecified atom stereocenters. The van der Waals surface area contributed by atoms with Gasteiger partial charge in [-0.15, -0.1) is 0 Å². The molecule has 0 spiro atoms. The second-order valence-corrected chi connectivity index (χ2v) is 6.65. The topological polar surface area (TPSA) is 49.3 Å². The third-order valence-electron chi connectivity index (χ3n) is 4.76. The van der Waals surface area contributed by atoms with Crippen molar-refractivity contribution in [3.8, 4) is 0 Å². The molecule has 1 aromatic heterocycles. The van der Waals surface area contributed by atoms with Gasteiger partial charge in [-0.3, -0.25) is 9.80 Å². The maximum absolute atomic E-state index is 13.4. The van der Waals surface area contributed by atoms with Gasteiger partial charge in [0.1, 0.15) is 12.1 Å². The summed E-state index contributed by atoms with van der Waals surface area (Å²) in [5.74, 6) is -0.369. The van der Waals surface area contributed by atoms with Gasteiger partial charge in [-0.05, 0) is 37.0 Å². The first kappa shape index (κ1) is 18.5. The summed E-state index contributed by atoms with van der Waals surface area (Å²) in [6.07, 6.45) is 9.58. The van der Waals surface area contributed by atoms with Crippen molar-refractivity contribution in [1.29, 1.82) is 0 Å². The molecule has 0 radical (unpaired) electrons. The van der Waals surface area contributed by atoms with Gasteiger partial charge in [-0.1, -0.05) is 31.9 Å². The van der Waals surface area contributed by atoms with Gasteiger partial charge in [0, 0.05) is 25.5 Å². The number of rotatable bonds is 6. The van der Waals surface area contributed by atoms with E-state index < -0.39 is 0 Å². The fourth-order valence-electron chi connectivity index (χ4n) is 3.49. The highest BCUT2D eigenvalue weighted by atomic mass is 19.1. The van der Waals surface area contributed by atoms with E-state index >= 15 is 0 Å². The molecule has 138 valence electrons. The van der Waals surface area contributed by atoms with Crippen LogP contribution in [0.15, 0.2) is 43.0 Å². The molecule has 26 heavy (non-hydrogen) atoms. The summed E-state index contributed by atoms with van der Waals surface area (Å²) in [4.78, 5) is 21.3. The Hall–Kier alpha value is -2.34. The highest BCUT2D eigenvalue weighted by Gasteiger charge is 2.32. The number of carbonyl (C=O) groups is 1. The molecule has 5 nitrogen and oxygen atoms in total. The van der Waals surface area contributed by atoms with Crippen LogP contribution in [0.25, 0.3) is 0 Å². The Bertz CT molecular complexity index is 702. The average molecular weight is 356 g/mol. The fourth-order valence-corrected chi connectivity index (χ4v) is 3.49. The maximum atomic E-state index is 13.4. The number of benzene rings is 1. The van der Waals surface area contributed by atoms with Crippen LogP contribution in [-0.4, -0.2) is 39.0 Å². The Morgan fingerprint density at radius 1 is 1.15 bits per heavy atom. The van der Waals surface area contributed by atoms with E-state index in [1.54, 1.807) is 24.5 Å². The summed E-state index contributed by atoms with van der Waals surface area (Å²) in [6.45, 7) is 3.79. The van der Waals surface area contributed by atoms with Gasteiger partial charge >= 0.3 is 0 Å². The van der Waals surface area contributed by atoms with Gasteiger partial charge < -0.3 is 0 Å². The predicted octanol–water partition coefficient (Wildman–Crippen LogP) is 4.00. The SMILES string of the molecule is CCCC(c1ccc(F)cc1)N(C(=O)c1cncnc1)N1CCCCC1. The lowest BCUT2D eigenvalue weighted by Crippen LogP contribution is -2.50. The zero-order chi connectivity index (χ0) is 18.4. The van der Waals surface area contributed by atoms with E-state index in [9.17, 15) is 9.18 Å². The molecule has 2 aromatic rings. The monoisotopic (exact) mass is 356 g/mol. The van der Waals surface area contributed by atoms with E-state index in [4.69, 9.17) is 0 Å². The van der Waals surface area contributed by atoms with Crippen molar-refractivity contribution in [3.05, 3.63) is 59.9 Å². The quantitative estimate of drug-likeness (QED) is 0.785. The van der Waals surface area contributed by atoms with Crippen molar-refractivity contribution in [3.63, 3.8) is 0 Å². The minimum absolute atomic E-state index is 0.102. The third kappa shape index (κ3) is 4.25. The van der Waals surface area contributed by atoms with Gasteiger partial charge in [0.25, 0.3) is 5.91 Å². The first-order valence-corrected chi connectivity index (χ1v) is 9.29. The van der Waals surface area contributed by atoms with Crippen LogP contribution >= 0.6 is 0 Å². The van der Waals surface area contributed by atoms with E-state index in [1.165, 1.54) is 24.9 Å².